The van der Waals surface area contributed by atoms with Gasteiger partial charge in [0.15, 0.2) is 37.7 Å². The van der Waals surface area contributed by atoms with Crippen LogP contribution < -0.4 is 10.6 Å². The van der Waals surface area contributed by atoms with Crippen molar-refractivity contribution in [2.75, 3.05) is 46.2 Å². The molecule has 6 aliphatic rings. The van der Waals surface area contributed by atoms with Crippen molar-refractivity contribution in [3.05, 3.63) is 12.2 Å². The first-order valence-corrected chi connectivity index (χ1v) is 40.0. The summed E-state index contributed by atoms with van der Waals surface area (Å²) in [6.45, 7) is -0.962. The summed E-state index contributed by atoms with van der Waals surface area (Å²) < 4.78 is 70.1. The largest absolute Gasteiger partial charge is 0.394 e. The third-order valence-corrected chi connectivity index (χ3v) is 21.3. The van der Waals surface area contributed by atoms with Crippen LogP contribution in [0.15, 0.2) is 12.2 Å². The topological polar surface area (TPSA) is 553 Å². The average molecular weight is 1580 g/mol. The molecule has 0 aliphatic carbocycles. The molecule has 0 aromatic rings. The number of ether oxygens (including phenoxy) is 12. The van der Waals surface area contributed by atoms with E-state index < -0.39 is 248 Å². The molecule has 2 amide bonds. The molecule has 638 valence electrons. The predicted octanol–water partition coefficient (Wildman–Crippen LogP) is -2.57. The Morgan fingerprint density at radius 1 is 0.358 bits per heavy atom. The lowest BCUT2D eigenvalue weighted by molar-refractivity contribution is -0.391. The molecule has 6 heterocycles. The van der Waals surface area contributed by atoms with Crippen molar-refractivity contribution in [1.82, 2.24) is 10.6 Å². The molecule has 0 aromatic carbocycles. The molecular weight excluding hydrogens is 1440 g/mol. The van der Waals surface area contributed by atoms with Crippen LogP contribution in [0.1, 0.15) is 201 Å². The molecule has 6 aliphatic heterocycles. The van der Waals surface area contributed by atoms with Gasteiger partial charge in [-0.3, -0.25) is 9.59 Å². The summed E-state index contributed by atoms with van der Waals surface area (Å²) in [5.41, 5.74) is 0. The molecule has 32 atom stereocenters. The van der Waals surface area contributed by atoms with Gasteiger partial charge in [0.05, 0.1) is 58.4 Å². The van der Waals surface area contributed by atoms with Crippen molar-refractivity contribution >= 4 is 11.8 Å². The molecule has 109 heavy (non-hydrogen) atoms. The molecule has 6 fully saturated rings. The highest BCUT2D eigenvalue weighted by Gasteiger charge is 2.58. The van der Waals surface area contributed by atoms with E-state index in [1.165, 1.54) is 109 Å². The summed E-state index contributed by atoms with van der Waals surface area (Å²) in [4.78, 5) is 26.4. The van der Waals surface area contributed by atoms with Crippen LogP contribution in [-0.4, -0.2) is 351 Å². The summed E-state index contributed by atoms with van der Waals surface area (Å²) in [5.74, 6) is -1.22. The zero-order valence-corrected chi connectivity index (χ0v) is 63.6. The highest BCUT2D eigenvalue weighted by molar-refractivity contribution is 5.76. The number of allylic oxidation sites excluding steroid dienone is 1. The number of carbonyl (C=O) groups is 2. The number of hydrogen-bond acceptors (Lipinski definition) is 33. The van der Waals surface area contributed by atoms with Crippen LogP contribution >= 0.6 is 0 Å². The molecule has 6 saturated heterocycles. The van der Waals surface area contributed by atoms with E-state index in [1.807, 2.05) is 6.08 Å². The monoisotopic (exact) mass is 1580 g/mol. The van der Waals surface area contributed by atoms with Crippen molar-refractivity contribution in [3.8, 4) is 0 Å². The van der Waals surface area contributed by atoms with Gasteiger partial charge in [0.2, 0.25) is 11.8 Å². The maximum atomic E-state index is 13.5. The number of carbonyl (C=O) groups excluding carboxylic acids is 2. The minimum atomic E-state index is -2.26. The quantitative estimate of drug-likeness (QED) is 0.0220. The normalized spacial score (nSPS) is 38.0. The summed E-state index contributed by atoms with van der Waals surface area (Å²) in [5, 5.41) is 215. The first-order chi connectivity index (χ1) is 52.4. The van der Waals surface area contributed by atoms with Crippen LogP contribution in [0.4, 0.5) is 0 Å². The number of amides is 2. The van der Waals surface area contributed by atoms with E-state index in [9.17, 15) is 107 Å². The third kappa shape index (κ3) is 28.6. The van der Waals surface area contributed by atoms with Crippen LogP contribution in [0.3, 0.4) is 0 Å². The van der Waals surface area contributed by atoms with Gasteiger partial charge in [-0.1, -0.05) is 180 Å². The Hall–Kier alpha value is -2.56. The minimum Gasteiger partial charge on any atom is -0.394 e. The lowest BCUT2D eigenvalue weighted by atomic mass is 9.94. The Labute approximate surface area is 639 Å². The van der Waals surface area contributed by atoms with Crippen LogP contribution in [0.2, 0.25) is 0 Å². The fraction of sp³-hybridized carbons (Fsp3) is 0.946. The molecule has 0 bridgehead atoms. The number of aliphatic hydroxyl groups excluding tert-OH is 19. The zero-order valence-electron chi connectivity index (χ0n) is 63.6. The summed E-state index contributed by atoms with van der Waals surface area (Å²) >= 11 is 0. The first kappa shape index (κ1) is 95.3. The average Bonchev–Trinajstić information content (AvgIpc) is 0.772. The Kier molecular flexibility index (Phi) is 44.4. The molecular formula is C74H134N2O33. The van der Waals surface area contributed by atoms with Crippen molar-refractivity contribution in [2.45, 2.75) is 397 Å². The fourth-order valence-corrected chi connectivity index (χ4v) is 14.7. The SMILES string of the molecule is CCCCCCCCCCCCC/C=C/[C@@H](O)[C@H](CO[C@@H]1OC(CO)[C@@H](O[C@@H]2OC(CO)[C@H](O[C@@H]3OC(CO)[C@H](O)[C@H](O[C@@H]4OC(CO)[C@H](O)[C@H](O[C@@H]5OC(CO)[C@H](O)[C@H](O[C@H]6OC(CO)[C@H](O)[C@H](O)C6O)C5O)C4NC(C)=O)C3O)[C@H](O)C2O)[C@H](O)C1O)NC(=O)CCCCCCCCCCCCCCCCC. The van der Waals surface area contributed by atoms with E-state index >= 15 is 0 Å². The maximum absolute atomic E-state index is 13.5. The van der Waals surface area contributed by atoms with E-state index in [-0.39, 0.29) is 12.3 Å². The fourth-order valence-electron chi connectivity index (χ4n) is 14.7. The highest BCUT2D eigenvalue weighted by atomic mass is 16.8. The first-order valence-electron chi connectivity index (χ1n) is 40.0. The van der Waals surface area contributed by atoms with Crippen LogP contribution in [0, 0.1) is 0 Å². The summed E-state index contributed by atoms with van der Waals surface area (Å²) in [7, 11) is 0. The molecule has 21 N–H and O–H groups in total. The molecule has 35 nitrogen and oxygen atoms in total. The number of hydrogen-bond donors (Lipinski definition) is 21. The highest BCUT2D eigenvalue weighted by Crippen LogP contribution is 2.38. The van der Waals surface area contributed by atoms with Gasteiger partial charge in [-0.05, 0) is 19.3 Å². The van der Waals surface area contributed by atoms with Gasteiger partial charge in [0, 0.05) is 13.3 Å². The number of rotatable bonds is 51. The van der Waals surface area contributed by atoms with Gasteiger partial charge in [0.25, 0.3) is 0 Å². The number of aliphatic hydroxyl groups is 19. The molecule has 0 aromatic heterocycles. The Morgan fingerprint density at radius 3 is 1.10 bits per heavy atom. The van der Waals surface area contributed by atoms with E-state index in [2.05, 4.69) is 24.5 Å². The van der Waals surface area contributed by atoms with Crippen molar-refractivity contribution < 1.29 is 163 Å². The number of nitrogens with one attached hydrogen (secondary N) is 2. The standard InChI is InChI=1S/C74H134N2O33/c1-4-6-8-10-12-14-16-18-19-21-23-25-27-29-31-33-50(85)76-42(43(84)32-30-28-26-24-22-20-17-15-13-11-9-7-5-2)40-98-70-60(94)57(91)64(48(38-81)103-70)105-72-61(95)58(92)65(49(39-82)104-72)106-73-62(96)67(54(88)46(36-79)101-73)108-69-51(75-41(3)83)66(53(87)45(35-78)99-69)107-74-63(97)68(55(89)47(37-80)102-74)109-71-59(93)56(90)52(86)44(34-77)100-71/h30,32,42-49,51-74,77-82,84,86-97H,4-29,31,33-40H2,1-3H3,(H,75,83)(H,76,85)/b32-30+/t42-,43+,44?,45?,46?,47?,48?,49?,51?,52-,53-,54-,55-,56-,57+,58+,59?,60?,61?,62?,63?,64+,65-,66+,67-,68-,69-,70+,71+,72-,73-,74-/m0/s1. The zero-order chi connectivity index (χ0) is 79.7. The van der Waals surface area contributed by atoms with E-state index in [4.69, 9.17) is 56.8 Å². The van der Waals surface area contributed by atoms with Gasteiger partial charge in [-0.2, -0.15) is 0 Å². The van der Waals surface area contributed by atoms with E-state index in [0.29, 0.717) is 12.8 Å². The van der Waals surface area contributed by atoms with Crippen LogP contribution in [-0.2, 0) is 66.4 Å². The molecule has 35 heteroatoms. The van der Waals surface area contributed by atoms with Gasteiger partial charge < -0.3 is 164 Å². The molecule has 12 unspecified atom stereocenters. The second kappa shape index (κ2) is 50.8. The molecule has 0 spiro atoms. The van der Waals surface area contributed by atoms with Crippen LogP contribution in [0.5, 0.6) is 0 Å². The van der Waals surface area contributed by atoms with E-state index in [0.717, 1.165) is 58.3 Å². The molecule has 6 rings (SSSR count). The number of unbranched alkanes of at least 4 members (excludes halogenated alkanes) is 25. The smallest absolute Gasteiger partial charge is 0.220 e. The Bertz CT molecular complexity index is 2470. The lowest BCUT2D eigenvalue weighted by Gasteiger charge is -2.50. The van der Waals surface area contributed by atoms with Gasteiger partial charge >= 0.3 is 0 Å². The predicted molar refractivity (Wildman–Crippen MR) is 382 cm³/mol. The molecule has 0 radical (unpaired) electrons. The van der Waals surface area contributed by atoms with Crippen molar-refractivity contribution in [3.63, 3.8) is 0 Å². The second-order valence-electron chi connectivity index (χ2n) is 29.9. The third-order valence-electron chi connectivity index (χ3n) is 21.3. The van der Waals surface area contributed by atoms with Gasteiger partial charge in [0.1, 0.15) is 146 Å². The maximum Gasteiger partial charge on any atom is 0.220 e. The molecule has 0 saturated carbocycles. The van der Waals surface area contributed by atoms with E-state index in [1.54, 1.807) is 6.08 Å². The van der Waals surface area contributed by atoms with Crippen molar-refractivity contribution in [1.29, 1.82) is 0 Å². The summed E-state index contributed by atoms with van der Waals surface area (Å²) in [6.07, 6.45) is -23.1. The van der Waals surface area contributed by atoms with Gasteiger partial charge in [-0.25, -0.2) is 0 Å². The van der Waals surface area contributed by atoms with Crippen molar-refractivity contribution in [2.24, 2.45) is 0 Å². The lowest BCUT2D eigenvalue weighted by Crippen LogP contribution is -2.70. The van der Waals surface area contributed by atoms with Crippen LogP contribution in [0.25, 0.3) is 0 Å². The Morgan fingerprint density at radius 2 is 0.679 bits per heavy atom. The minimum absolute atomic E-state index is 0.183. The van der Waals surface area contributed by atoms with Gasteiger partial charge in [-0.15, -0.1) is 0 Å². The Balaban J connectivity index is 1.07. The second-order valence-corrected chi connectivity index (χ2v) is 29.9. The summed E-state index contributed by atoms with van der Waals surface area (Å²) in [6, 6.07) is -2.89.